The van der Waals surface area contributed by atoms with Crippen LogP contribution in [-0.2, 0) is 25.4 Å². The van der Waals surface area contributed by atoms with Crippen molar-refractivity contribution in [1.82, 2.24) is 0 Å². The molecule has 0 spiro atoms. The SMILES string of the molecule is c1ccc2c(Cc3c(OCC4CO4)c(OCC4CO4)cc4ccccc34)c(OCC3CO3)c(OCC3CO3)cc2c1. The number of ether oxygens (including phenoxy) is 8. The molecule has 0 aromatic heterocycles. The van der Waals surface area contributed by atoms with Gasteiger partial charge in [-0.1, -0.05) is 48.5 Å². The van der Waals surface area contributed by atoms with Gasteiger partial charge in [0.2, 0.25) is 0 Å². The fourth-order valence-electron chi connectivity index (χ4n) is 5.18. The van der Waals surface area contributed by atoms with Gasteiger partial charge in [-0.25, -0.2) is 0 Å². The average molecular weight is 557 g/mol. The fourth-order valence-corrected chi connectivity index (χ4v) is 5.18. The van der Waals surface area contributed by atoms with Gasteiger partial charge >= 0.3 is 0 Å². The second-order valence-electron chi connectivity index (χ2n) is 11.0. The Balaban J connectivity index is 1.27. The lowest BCUT2D eigenvalue weighted by atomic mass is 9.92. The summed E-state index contributed by atoms with van der Waals surface area (Å²) >= 11 is 0. The van der Waals surface area contributed by atoms with Crippen LogP contribution in [0.4, 0.5) is 0 Å². The summed E-state index contributed by atoms with van der Waals surface area (Å²) in [5.41, 5.74) is 2.08. The average Bonchev–Trinajstić information content (AvgIpc) is 3.83. The van der Waals surface area contributed by atoms with Crippen molar-refractivity contribution >= 4 is 21.5 Å². The lowest BCUT2D eigenvalue weighted by Crippen LogP contribution is -2.12. The molecule has 0 saturated carbocycles. The highest BCUT2D eigenvalue weighted by Gasteiger charge is 2.30. The zero-order valence-electron chi connectivity index (χ0n) is 22.7. The molecule has 8 heteroatoms. The molecular weight excluding hydrogens is 524 g/mol. The third kappa shape index (κ3) is 5.78. The van der Waals surface area contributed by atoms with E-state index >= 15 is 0 Å². The third-order valence-corrected chi connectivity index (χ3v) is 7.78. The van der Waals surface area contributed by atoms with Crippen LogP contribution in [0.5, 0.6) is 23.0 Å². The molecule has 0 radical (unpaired) electrons. The first-order valence-electron chi connectivity index (χ1n) is 14.4. The Morgan fingerprint density at radius 2 is 0.878 bits per heavy atom. The number of epoxide rings is 4. The van der Waals surface area contributed by atoms with E-state index in [0.29, 0.717) is 57.6 Å². The Kier molecular flexibility index (Phi) is 6.56. The highest BCUT2D eigenvalue weighted by Crippen LogP contribution is 2.45. The largest absolute Gasteiger partial charge is 0.487 e. The minimum Gasteiger partial charge on any atom is -0.487 e. The molecule has 0 bridgehead atoms. The molecule has 212 valence electrons. The van der Waals surface area contributed by atoms with Crippen LogP contribution in [0.15, 0.2) is 60.7 Å². The van der Waals surface area contributed by atoms with E-state index in [9.17, 15) is 0 Å². The Bertz CT molecular complexity index is 1450. The quantitative estimate of drug-likeness (QED) is 0.207. The highest BCUT2D eigenvalue weighted by atomic mass is 16.6. The van der Waals surface area contributed by atoms with E-state index in [1.54, 1.807) is 0 Å². The molecule has 0 amide bonds. The van der Waals surface area contributed by atoms with Crippen molar-refractivity contribution < 1.29 is 37.9 Å². The third-order valence-electron chi connectivity index (χ3n) is 7.78. The van der Waals surface area contributed by atoms with Gasteiger partial charge in [-0.3, -0.25) is 0 Å². The standard InChI is InChI=1S/C33H32O8/c1-3-7-26-20(5-1)9-30(38-16-22-12-34-22)32(40-18-24-14-36-24)28(26)11-29-27-8-4-2-6-21(27)10-31(39-17-23-13-35-23)33(29)41-19-25-15-37-25/h1-10,22-25H,11-19H2. The van der Waals surface area contributed by atoms with Gasteiger partial charge in [0.1, 0.15) is 50.8 Å². The van der Waals surface area contributed by atoms with E-state index in [2.05, 4.69) is 48.5 Å². The number of hydrogen-bond acceptors (Lipinski definition) is 8. The minimum atomic E-state index is 0.105. The van der Waals surface area contributed by atoms with E-state index in [1.807, 2.05) is 12.1 Å². The van der Waals surface area contributed by atoms with Gasteiger partial charge in [-0.2, -0.15) is 0 Å². The van der Waals surface area contributed by atoms with E-state index < -0.39 is 0 Å². The van der Waals surface area contributed by atoms with Crippen LogP contribution in [0, 0.1) is 0 Å². The predicted molar refractivity (Wildman–Crippen MR) is 152 cm³/mol. The van der Waals surface area contributed by atoms with Crippen LogP contribution in [0.25, 0.3) is 21.5 Å². The molecule has 4 heterocycles. The molecule has 41 heavy (non-hydrogen) atoms. The molecule has 4 aromatic carbocycles. The Morgan fingerprint density at radius 1 is 0.512 bits per heavy atom. The molecule has 4 saturated heterocycles. The lowest BCUT2D eigenvalue weighted by molar-refractivity contribution is 0.225. The molecule has 4 aromatic rings. The van der Waals surface area contributed by atoms with E-state index in [-0.39, 0.29) is 24.4 Å². The highest BCUT2D eigenvalue weighted by molar-refractivity contribution is 5.94. The molecule has 4 fully saturated rings. The zero-order valence-corrected chi connectivity index (χ0v) is 22.7. The van der Waals surface area contributed by atoms with Gasteiger partial charge in [0.25, 0.3) is 0 Å². The number of benzene rings is 4. The topological polar surface area (TPSA) is 87.0 Å². The zero-order chi connectivity index (χ0) is 27.2. The number of rotatable bonds is 14. The van der Waals surface area contributed by atoms with E-state index in [1.165, 1.54) is 0 Å². The van der Waals surface area contributed by atoms with Crippen LogP contribution in [0.2, 0.25) is 0 Å². The summed E-state index contributed by atoms with van der Waals surface area (Å²) in [4.78, 5) is 0. The Morgan fingerprint density at radius 3 is 1.27 bits per heavy atom. The summed E-state index contributed by atoms with van der Waals surface area (Å²) in [5, 5.41) is 4.38. The molecule has 4 aliphatic heterocycles. The van der Waals surface area contributed by atoms with Gasteiger partial charge in [0.05, 0.1) is 26.4 Å². The molecule has 0 aliphatic carbocycles. The summed E-state index contributed by atoms with van der Waals surface area (Å²) in [7, 11) is 0. The fraction of sp³-hybridized carbons (Fsp3) is 0.394. The number of hydrogen-bond donors (Lipinski definition) is 0. The summed E-state index contributed by atoms with van der Waals surface area (Å²) in [5.74, 6) is 2.90. The Hall–Kier alpha value is -3.56. The van der Waals surface area contributed by atoms with Crippen molar-refractivity contribution in [2.24, 2.45) is 0 Å². The van der Waals surface area contributed by atoms with Crippen molar-refractivity contribution in [2.75, 3.05) is 52.9 Å². The van der Waals surface area contributed by atoms with Gasteiger partial charge in [-0.05, 0) is 33.7 Å². The van der Waals surface area contributed by atoms with Crippen molar-refractivity contribution in [2.45, 2.75) is 30.8 Å². The van der Waals surface area contributed by atoms with Crippen LogP contribution in [0.3, 0.4) is 0 Å². The van der Waals surface area contributed by atoms with Crippen LogP contribution >= 0.6 is 0 Å². The molecule has 4 unspecified atom stereocenters. The maximum Gasteiger partial charge on any atom is 0.165 e. The van der Waals surface area contributed by atoms with Crippen molar-refractivity contribution in [3.05, 3.63) is 71.8 Å². The second kappa shape index (κ2) is 10.7. The number of fused-ring (bicyclic) bond motifs is 2. The summed E-state index contributed by atoms with van der Waals surface area (Å²) in [6, 6.07) is 20.9. The first-order chi connectivity index (χ1) is 20.3. The predicted octanol–water partition coefficient (Wildman–Crippen LogP) is 4.69. The summed E-state index contributed by atoms with van der Waals surface area (Å²) < 4.78 is 47.5. The molecular formula is C33H32O8. The van der Waals surface area contributed by atoms with Crippen LogP contribution in [0.1, 0.15) is 11.1 Å². The maximum absolute atomic E-state index is 6.50. The summed E-state index contributed by atoms with van der Waals surface area (Å²) in [6.45, 7) is 4.78. The first-order valence-corrected chi connectivity index (χ1v) is 14.4. The van der Waals surface area contributed by atoms with Gasteiger partial charge in [-0.15, -0.1) is 0 Å². The molecule has 0 N–H and O–H groups in total. The van der Waals surface area contributed by atoms with Crippen LogP contribution < -0.4 is 18.9 Å². The van der Waals surface area contributed by atoms with Crippen molar-refractivity contribution in [3.8, 4) is 23.0 Å². The maximum atomic E-state index is 6.50. The van der Waals surface area contributed by atoms with Gasteiger partial charge < -0.3 is 37.9 Å². The molecule has 8 rings (SSSR count). The van der Waals surface area contributed by atoms with Gasteiger partial charge in [0, 0.05) is 17.5 Å². The normalized spacial score (nSPS) is 23.8. The molecule has 4 atom stereocenters. The smallest absolute Gasteiger partial charge is 0.165 e. The van der Waals surface area contributed by atoms with E-state index in [0.717, 1.165) is 57.4 Å². The summed E-state index contributed by atoms with van der Waals surface area (Å²) in [6.07, 6.45) is 1.02. The second-order valence-corrected chi connectivity index (χ2v) is 11.0. The van der Waals surface area contributed by atoms with Crippen LogP contribution in [-0.4, -0.2) is 77.3 Å². The first kappa shape index (κ1) is 25.2. The Labute approximate surface area is 237 Å². The molecule has 4 aliphatic rings. The van der Waals surface area contributed by atoms with Gasteiger partial charge in [0.15, 0.2) is 23.0 Å². The lowest BCUT2D eigenvalue weighted by Gasteiger charge is -2.22. The van der Waals surface area contributed by atoms with Crippen molar-refractivity contribution in [3.63, 3.8) is 0 Å². The van der Waals surface area contributed by atoms with E-state index in [4.69, 9.17) is 37.9 Å². The minimum absolute atomic E-state index is 0.105. The monoisotopic (exact) mass is 556 g/mol. The molecule has 8 nitrogen and oxygen atoms in total. The van der Waals surface area contributed by atoms with Crippen molar-refractivity contribution in [1.29, 1.82) is 0 Å².